The molecule has 7 nitrogen and oxygen atoms in total. The molecule has 0 aromatic heterocycles. The van der Waals surface area contributed by atoms with Gasteiger partial charge in [0.25, 0.3) is 17.7 Å². The first-order chi connectivity index (χ1) is 16.3. The minimum atomic E-state index is -0.436. The third kappa shape index (κ3) is 4.50. The van der Waals surface area contributed by atoms with Gasteiger partial charge in [0.2, 0.25) is 0 Å². The fraction of sp³-hybridized carbons (Fsp3) is 0.444. The lowest BCUT2D eigenvalue weighted by Gasteiger charge is -2.26. The lowest BCUT2D eigenvalue weighted by molar-refractivity contribution is 0.0383. The highest BCUT2D eigenvalue weighted by molar-refractivity contribution is 6.36. The highest BCUT2D eigenvalue weighted by Crippen LogP contribution is 2.40. The van der Waals surface area contributed by atoms with E-state index in [-0.39, 0.29) is 40.3 Å². The predicted molar refractivity (Wildman–Crippen MR) is 132 cm³/mol. The minimum Gasteiger partial charge on any atom is -0.379 e. The van der Waals surface area contributed by atoms with E-state index in [0.29, 0.717) is 32.0 Å². The number of rotatable bonds is 7. The van der Waals surface area contributed by atoms with E-state index in [1.165, 1.54) is 4.90 Å². The predicted octanol–water partition coefficient (Wildman–Crippen LogP) is 3.80. The van der Waals surface area contributed by atoms with E-state index in [9.17, 15) is 14.4 Å². The Kier molecular flexibility index (Phi) is 7.14. The van der Waals surface area contributed by atoms with Gasteiger partial charge >= 0.3 is 0 Å². The molecule has 0 spiro atoms. The number of carbonyl (C=O) groups excluding carboxylic acids is 3. The summed E-state index contributed by atoms with van der Waals surface area (Å²) in [5.41, 5.74) is 3.24. The maximum Gasteiger partial charge on any atom is 0.266 e. The lowest BCUT2D eigenvalue weighted by atomic mass is 9.92. The van der Waals surface area contributed by atoms with Crippen LogP contribution in [0.1, 0.15) is 81.7 Å². The molecular weight excluding hydrogens is 430 g/mol. The molecule has 2 aromatic rings. The standard InChI is InChI=1S/C27H33N3O4/c1-17(2)19-7-5-8-20(18(3)4)24(19)30-26(32)22-10-6-9-21(23(22)27(30)33)25(31)28-11-12-29-13-15-34-16-14-29/h5-10,17-18H,11-16H2,1-4H3,(H,28,31). The molecule has 2 aromatic carbocycles. The summed E-state index contributed by atoms with van der Waals surface area (Å²) in [5.74, 6) is -0.900. The van der Waals surface area contributed by atoms with Gasteiger partial charge in [-0.15, -0.1) is 0 Å². The first-order valence-corrected chi connectivity index (χ1v) is 12.0. The Bertz CT molecular complexity index is 1080. The average Bonchev–Trinajstić information content (AvgIpc) is 3.08. The number of imide groups is 1. The highest BCUT2D eigenvalue weighted by Gasteiger charge is 2.41. The van der Waals surface area contributed by atoms with Crippen LogP contribution in [-0.2, 0) is 4.74 Å². The van der Waals surface area contributed by atoms with Gasteiger partial charge in [0.05, 0.1) is 35.6 Å². The van der Waals surface area contributed by atoms with E-state index >= 15 is 0 Å². The second kappa shape index (κ2) is 10.1. The maximum atomic E-state index is 13.7. The second-order valence-corrected chi connectivity index (χ2v) is 9.48. The molecule has 0 atom stereocenters. The van der Waals surface area contributed by atoms with Crippen molar-refractivity contribution in [3.05, 3.63) is 64.2 Å². The zero-order valence-electron chi connectivity index (χ0n) is 20.4. The molecule has 0 radical (unpaired) electrons. The first kappa shape index (κ1) is 24.1. The van der Waals surface area contributed by atoms with Gasteiger partial charge in [0, 0.05) is 26.2 Å². The first-order valence-electron chi connectivity index (χ1n) is 12.0. The number of benzene rings is 2. The van der Waals surface area contributed by atoms with E-state index in [2.05, 4.69) is 37.9 Å². The molecule has 2 aliphatic heterocycles. The Balaban J connectivity index is 1.63. The Morgan fingerprint density at radius 3 is 2.18 bits per heavy atom. The van der Waals surface area contributed by atoms with Crippen molar-refractivity contribution in [1.29, 1.82) is 0 Å². The Morgan fingerprint density at radius 1 is 0.941 bits per heavy atom. The summed E-state index contributed by atoms with van der Waals surface area (Å²) >= 11 is 0. The summed E-state index contributed by atoms with van der Waals surface area (Å²) in [6.07, 6.45) is 0. The number of nitrogens with one attached hydrogen (secondary N) is 1. The lowest BCUT2D eigenvalue weighted by Crippen LogP contribution is -2.41. The molecule has 1 saturated heterocycles. The van der Waals surface area contributed by atoms with Crippen LogP contribution >= 0.6 is 0 Å². The van der Waals surface area contributed by atoms with E-state index in [1.807, 2.05) is 18.2 Å². The quantitative estimate of drug-likeness (QED) is 0.632. The summed E-state index contributed by atoms with van der Waals surface area (Å²) in [6, 6.07) is 10.8. The third-order valence-electron chi connectivity index (χ3n) is 6.54. The number of ether oxygens (including phenoxy) is 1. The van der Waals surface area contributed by atoms with Crippen LogP contribution in [0.15, 0.2) is 36.4 Å². The smallest absolute Gasteiger partial charge is 0.266 e. The summed E-state index contributed by atoms with van der Waals surface area (Å²) in [5, 5.41) is 2.92. The topological polar surface area (TPSA) is 79.0 Å². The van der Waals surface area contributed by atoms with Crippen LogP contribution in [0.5, 0.6) is 0 Å². The molecule has 34 heavy (non-hydrogen) atoms. The van der Waals surface area contributed by atoms with Crippen molar-refractivity contribution in [2.24, 2.45) is 0 Å². The van der Waals surface area contributed by atoms with Gasteiger partial charge < -0.3 is 10.1 Å². The molecule has 1 fully saturated rings. The van der Waals surface area contributed by atoms with Gasteiger partial charge in [-0.05, 0) is 35.1 Å². The third-order valence-corrected chi connectivity index (χ3v) is 6.54. The molecule has 4 rings (SSSR count). The van der Waals surface area contributed by atoms with E-state index in [4.69, 9.17) is 4.74 Å². The summed E-state index contributed by atoms with van der Waals surface area (Å²) in [6.45, 7) is 12.4. The van der Waals surface area contributed by atoms with Gasteiger partial charge in [0.15, 0.2) is 0 Å². The number of hydrogen-bond donors (Lipinski definition) is 1. The monoisotopic (exact) mass is 463 g/mol. The van der Waals surface area contributed by atoms with Crippen LogP contribution in [0, 0.1) is 0 Å². The van der Waals surface area contributed by atoms with Gasteiger partial charge in [-0.1, -0.05) is 52.0 Å². The van der Waals surface area contributed by atoms with Gasteiger partial charge in [0.1, 0.15) is 0 Å². The van der Waals surface area contributed by atoms with Gasteiger partial charge in [-0.2, -0.15) is 0 Å². The van der Waals surface area contributed by atoms with Crippen molar-refractivity contribution in [1.82, 2.24) is 10.2 Å². The molecule has 0 saturated carbocycles. The zero-order valence-corrected chi connectivity index (χ0v) is 20.4. The summed E-state index contributed by atoms with van der Waals surface area (Å²) < 4.78 is 5.36. The molecule has 0 bridgehead atoms. The van der Waals surface area contributed by atoms with Gasteiger partial charge in [-0.25, -0.2) is 4.90 Å². The van der Waals surface area contributed by atoms with Crippen molar-refractivity contribution in [2.45, 2.75) is 39.5 Å². The minimum absolute atomic E-state index is 0.126. The molecule has 180 valence electrons. The number of carbonyl (C=O) groups is 3. The van der Waals surface area contributed by atoms with Crippen molar-refractivity contribution >= 4 is 23.4 Å². The number of fused-ring (bicyclic) bond motifs is 1. The SMILES string of the molecule is CC(C)c1cccc(C(C)C)c1N1C(=O)c2cccc(C(=O)NCCN3CCOCC3)c2C1=O. The maximum absolute atomic E-state index is 13.7. The molecule has 2 aliphatic rings. The van der Waals surface area contributed by atoms with Crippen LogP contribution < -0.4 is 10.2 Å². The molecule has 0 unspecified atom stereocenters. The largest absolute Gasteiger partial charge is 0.379 e. The van der Waals surface area contributed by atoms with Crippen molar-refractivity contribution in [3.63, 3.8) is 0 Å². The molecule has 0 aliphatic carbocycles. The number of anilines is 1. The van der Waals surface area contributed by atoms with E-state index in [1.54, 1.807) is 18.2 Å². The Labute approximate surface area is 201 Å². The van der Waals surface area contributed by atoms with Crippen LogP contribution in [-0.4, -0.2) is 62.0 Å². The average molecular weight is 464 g/mol. The highest BCUT2D eigenvalue weighted by atomic mass is 16.5. The van der Waals surface area contributed by atoms with E-state index < -0.39 is 5.91 Å². The van der Waals surface area contributed by atoms with Crippen molar-refractivity contribution in [2.75, 3.05) is 44.3 Å². The summed E-state index contributed by atoms with van der Waals surface area (Å²) in [4.78, 5) is 43.8. The van der Waals surface area contributed by atoms with Gasteiger partial charge in [-0.3, -0.25) is 19.3 Å². The van der Waals surface area contributed by atoms with E-state index in [0.717, 1.165) is 24.2 Å². The van der Waals surface area contributed by atoms with Crippen LogP contribution in [0.2, 0.25) is 0 Å². The number of amides is 3. The Hall–Kier alpha value is -3.03. The fourth-order valence-corrected chi connectivity index (χ4v) is 4.70. The summed E-state index contributed by atoms with van der Waals surface area (Å²) in [7, 11) is 0. The van der Waals surface area contributed by atoms with Crippen LogP contribution in [0.4, 0.5) is 5.69 Å². The molecule has 2 heterocycles. The number of para-hydroxylation sites is 1. The normalized spacial score (nSPS) is 16.5. The number of morpholine rings is 1. The van der Waals surface area contributed by atoms with Crippen molar-refractivity contribution in [3.8, 4) is 0 Å². The molecule has 3 amide bonds. The van der Waals surface area contributed by atoms with Crippen LogP contribution in [0.25, 0.3) is 0 Å². The number of nitrogens with zero attached hydrogens (tertiary/aromatic N) is 2. The number of hydrogen-bond acceptors (Lipinski definition) is 5. The van der Waals surface area contributed by atoms with Crippen LogP contribution in [0.3, 0.4) is 0 Å². The Morgan fingerprint density at radius 2 is 1.56 bits per heavy atom. The zero-order chi connectivity index (χ0) is 24.4. The molecular formula is C27H33N3O4. The van der Waals surface area contributed by atoms with Crippen molar-refractivity contribution < 1.29 is 19.1 Å². The molecule has 1 N–H and O–H groups in total. The molecule has 7 heteroatoms. The fourth-order valence-electron chi connectivity index (χ4n) is 4.70. The second-order valence-electron chi connectivity index (χ2n) is 9.48.